The highest BCUT2D eigenvalue weighted by Crippen LogP contribution is 2.32. The van der Waals surface area contributed by atoms with Crippen LogP contribution in [0.3, 0.4) is 0 Å². The number of fused-ring (bicyclic) bond motifs is 1. The number of hydrogen-bond donors (Lipinski definition) is 5. The second-order valence-corrected chi connectivity index (χ2v) is 4.57. The van der Waals surface area contributed by atoms with E-state index >= 15 is 0 Å². The molecule has 6 N–H and O–H groups in total. The van der Waals surface area contributed by atoms with E-state index in [0.29, 0.717) is 24.6 Å². The van der Waals surface area contributed by atoms with Crippen LogP contribution in [-0.4, -0.2) is 51.9 Å². The lowest BCUT2D eigenvalue weighted by Crippen LogP contribution is -2.36. The van der Waals surface area contributed by atoms with Crippen molar-refractivity contribution in [3.63, 3.8) is 0 Å². The van der Waals surface area contributed by atoms with Crippen molar-refractivity contribution in [3.8, 4) is 0 Å². The van der Waals surface area contributed by atoms with Gasteiger partial charge in [0, 0.05) is 6.42 Å². The van der Waals surface area contributed by atoms with Crippen molar-refractivity contribution >= 4 is 17.5 Å². The molecule has 0 radical (unpaired) electrons. The zero-order valence-corrected chi connectivity index (χ0v) is 10.0. The van der Waals surface area contributed by atoms with Crippen LogP contribution in [0.5, 0.6) is 0 Å². The van der Waals surface area contributed by atoms with Crippen molar-refractivity contribution in [2.45, 2.75) is 24.9 Å². The van der Waals surface area contributed by atoms with Crippen LogP contribution in [0.1, 0.15) is 6.42 Å². The number of aliphatic hydroxyl groups excluding tert-OH is 2. The summed E-state index contributed by atoms with van der Waals surface area (Å²) in [6.45, 7) is 0.0845. The summed E-state index contributed by atoms with van der Waals surface area (Å²) < 4.78 is 5.54. The van der Waals surface area contributed by atoms with E-state index in [1.165, 1.54) is 0 Å². The monoisotopic (exact) mass is 269 g/mol. The van der Waals surface area contributed by atoms with Crippen LogP contribution in [0.25, 0.3) is 0 Å². The SMILES string of the molecule is Nc1nc2c(c(=O)[nH]1)NCN2C1C[C@H](O)[C@@H](CO)O1. The number of anilines is 3. The van der Waals surface area contributed by atoms with E-state index in [2.05, 4.69) is 15.3 Å². The molecule has 1 saturated heterocycles. The summed E-state index contributed by atoms with van der Waals surface area (Å²) in [6, 6.07) is 0. The Morgan fingerprint density at radius 1 is 1.58 bits per heavy atom. The van der Waals surface area contributed by atoms with Gasteiger partial charge in [0.05, 0.1) is 19.4 Å². The first-order chi connectivity index (χ1) is 9.10. The van der Waals surface area contributed by atoms with Gasteiger partial charge in [-0.25, -0.2) is 0 Å². The minimum Gasteiger partial charge on any atom is -0.394 e. The average Bonchev–Trinajstić information content (AvgIpc) is 2.92. The van der Waals surface area contributed by atoms with E-state index in [9.17, 15) is 9.90 Å². The second-order valence-electron chi connectivity index (χ2n) is 4.57. The van der Waals surface area contributed by atoms with Gasteiger partial charge < -0.3 is 30.9 Å². The molecular formula is C10H15N5O4. The van der Waals surface area contributed by atoms with Gasteiger partial charge in [-0.1, -0.05) is 0 Å². The maximum Gasteiger partial charge on any atom is 0.277 e. The molecule has 104 valence electrons. The quantitative estimate of drug-likeness (QED) is 0.416. The fourth-order valence-corrected chi connectivity index (χ4v) is 2.39. The molecule has 1 fully saturated rings. The molecule has 9 heteroatoms. The molecule has 0 saturated carbocycles. The first kappa shape index (κ1) is 12.2. The number of nitrogens with one attached hydrogen (secondary N) is 2. The van der Waals surface area contributed by atoms with E-state index in [-0.39, 0.29) is 18.1 Å². The molecule has 1 aromatic heterocycles. The second kappa shape index (κ2) is 4.37. The Balaban J connectivity index is 1.89. The summed E-state index contributed by atoms with van der Waals surface area (Å²) in [7, 11) is 0. The predicted molar refractivity (Wildman–Crippen MR) is 66.6 cm³/mol. The number of aromatic amines is 1. The number of H-pyrrole nitrogens is 1. The van der Waals surface area contributed by atoms with Crippen LogP contribution >= 0.6 is 0 Å². The third-order valence-corrected chi connectivity index (χ3v) is 3.35. The summed E-state index contributed by atoms with van der Waals surface area (Å²) in [5.41, 5.74) is 5.51. The van der Waals surface area contributed by atoms with Crippen molar-refractivity contribution in [3.05, 3.63) is 10.4 Å². The molecule has 0 aromatic carbocycles. The number of nitrogens with two attached hydrogens (primary N) is 1. The molecule has 3 rings (SSSR count). The minimum absolute atomic E-state index is 0.0229. The number of nitrogen functional groups attached to an aromatic ring is 1. The first-order valence-electron chi connectivity index (χ1n) is 5.95. The van der Waals surface area contributed by atoms with Crippen molar-refractivity contribution in [2.75, 3.05) is 29.2 Å². The smallest absolute Gasteiger partial charge is 0.277 e. The molecule has 19 heavy (non-hydrogen) atoms. The van der Waals surface area contributed by atoms with Crippen LogP contribution < -0.4 is 21.5 Å². The fourth-order valence-electron chi connectivity index (χ4n) is 2.39. The molecule has 2 aliphatic rings. The highest BCUT2D eigenvalue weighted by molar-refractivity contribution is 5.71. The third-order valence-electron chi connectivity index (χ3n) is 3.35. The van der Waals surface area contributed by atoms with Crippen molar-refractivity contribution in [1.29, 1.82) is 0 Å². The molecule has 1 unspecified atom stereocenters. The van der Waals surface area contributed by atoms with Gasteiger partial charge in [0.15, 0.2) is 5.82 Å². The Morgan fingerprint density at radius 2 is 2.37 bits per heavy atom. The Morgan fingerprint density at radius 3 is 3.05 bits per heavy atom. The van der Waals surface area contributed by atoms with Crippen LogP contribution in [0.2, 0.25) is 0 Å². The van der Waals surface area contributed by atoms with E-state index in [4.69, 9.17) is 15.6 Å². The van der Waals surface area contributed by atoms with E-state index in [1.807, 2.05) is 0 Å². The Hall–Kier alpha value is -1.84. The van der Waals surface area contributed by atoms with Gasteiger partial charge in [-0.3, -0.25) is 9.78 Å². The van der Waals surface area contributed by atoms with Crippen molar-refractivity contribution in [2.24, 2.45) is 0 Å². The average molecular weight is 269 g/mol. The van der Waals surface area contributed by atoms with E-state index in [1.54, 1.807) is 4.90 Å². The normalized spacial score (nSPS) is 29.4. The molecule has 1 aromatic rings. The third kappa shape index (κ3) is 1.91. The van der Waals surface area contributed by atoms with Crippen LogP contribution in [0.15, 0.2) is 4.79 Å². The lowest BCUT2D eigenvalue weighted by molar-refractivity contribution is -0.0218. The minimum atomic E-state index is -0.738. The topological polar surface area (TPSA) is 137 Å². The summed E-state index contributed by atoms with van der Waals surface area (Å²) in [5, 5.41) is 21.7. The number of rotatable bonds is 2. The van der Waals surface area contributed by atoms with Gasteiger partial charge in [-0.05, 0) is 0 Å². The lowest BCUT2D eigenvalue weighted by Gasteiger charge is -2.24. The van der Waals surface area contributed by atoms with Gasteiger partial charge in [-0.2, -0.15) is 4.98 Å². The summed E-state index contributed by atoms with van der Waals surface area (Å²) >= 11 is 0. The van der Waals surface area contributed by atoms with E-state index in [0.717, 1.165) is 0 Å². The van der Waals surface area contributed by atoms with Gasteiger partial charge >= 0.3 is 0 Å². The number of aromatic nitrogens is 2. The fraction of sp³-hybridized carbons (Fsp3) is 0.600. The zero-order valence-electron chi connectivity index (χ0n) is 10.0. The zero-order chi connectivity index (χ0) is 13.6. The van der Waals surface area contributed by atoms with Gasteiger partial charge in [0.2, 0.25) is 5.95 Å². The van der Waals surface area contributed by atoms with Crippen LogP contribution in [0.4, 0.5) is 17.5 Å². The number of nitrogens with zero attached hydrogens (tertiary/aromatic N) is 2. The Labute approximate surface area is 108 Å². The van der Waals surface area contributed by atoms with Gasteiger partial charge in [0.25, 0.3) is 5.56 Å². The Kier molecular flexibility index (Phi) is 2.81. The first-order valence-corrected chi connectivity index (χ1v) is 5.95. The van der Waals surface area contributed by atoms with Gasteiger partial charge in [0.1, 0.15) is 18.0 Å². The predicted octanol–water partition coefficient (Wildman–Crippen LogP) is -1.99. The number of ether oxygens (including phenoxy) is 1. The van der Waals surface area contributed by atoms with Crippen molar-refractivity contribution < 1.29 is 14.9 Å². The van der Waals surface area contributed by atoms with Gasteiger partial charge in [-0.15, -0.1) is 0 Å². The largest absolute Gasteiger partial charge is 0.394 e. The summed E-state index contributed by atoms with van der Waals surface area (Å²) in [4.78, 5) is 19.9. The number of hydrogen-bond acceptors (Lipinski definition) is 8. The van der Waals surface area contributed by atoms with Crippen LogP contribution in [-0.2, 0) is 4.74 Å². The number of aliphatic hydroxyl groups is 2. The highest BCUT2D eigenvalue weighted by atomic mass is 16.5. The summed E-state index contributed by atoms with van der Waals surface area (Å²) in [6.07, 6.45) is -1.47. The Bertz CT molecular complexity index is 547. The molecule has 0 aliphatic carbocycles. The van der Waals surface area contributed by atoms with E-state index < -0.39 is 18.4 Å². The molecule has 0 amide bonds. The maximum atomic E-state index is 11.7. The lowest BCUT2D eigenvalue weighted by atomic mass is 10.2. The molecular weight excluding hydrogens is 254 g/mol. The standard InChI is InChI=1S/C10H15N5O4/c11-10-13-8-7(9(18)14-10)12-3-15(8)6-1-4(17)5(2-16)19-6/h4-6,12,16-17H,1-3H2,(H3,11,13,14,18)/t4-,5+,6?/m0/s1. The molecule has 3 atom stereocenters. The van der Waals surface area contributed by atoms with Crippen molar-refractivity contribution in [1.82, 2.24) is 9.97 Å². The van der Waals surface area contributed by atoms with Crippen LogP contribution in [0, 0.1) is 0 Å². The summed E-state index contributed by atoms with van der Waals surface area (Å²) in [5.74, 6) is 0.423. The molecule has 9 nitrogen and oxygen atoms in total. The highest BCUT2D eigenvalue weighted by Gasteiger charge is 2.40. The molecule has 0 bridgehead atoms. The molecule has 0 spiro atoms. The maximum absolute atomic E-state index is 11.7. The molecule has 3 heterocycles. The molecule has 2 aliphatic heterocycles.